The standard InChI is InChI=1S/C22H24N4O2/c1-27-19-6-8-20(9-7-19)28-13-11-23-21-14-22(25-16-24-21)26-12-10-17-4-2-3-5-18(17)15-26/h2-9,14,16H,10-13,15H2,1H3,(H,23,24,25). The van der Waals surface area contributed by atoms with Crippen LogP contribution in [0.1, 0.15) is 11.1 Å². The maximum absolute atomic E-state index is 5.74. The van der Waals surface area contributed by atoms with Gasteiger partial charge in [-0.25, -0.2) is 9.97 Å². The average molecular weight is 376 g/mol. The van der Waals surface area contributed by atoms with E-state index >= 15 is 0 Å². The number of benzene rings is 2. The molecule has 0 amide bonds. The van der Waals surface area contributed by atoms with Gasteiger partial charge in [-0.05, 0) is 41.8 Å². The van der Waals surface area contributed by atoms with Gasteiger partial charge < -0.3 is 19.7 Å². The fourth-order valence-corrected chi connectivity index (χ4v) is 3.33. The number of anilines is 2. The molecular weight excluding hydrogens is 352 g/mol. The number of fused-ring (bicyclic) bond motifs is 1. The van der Waals surface area contributed by atoms with E-state index in [1.54, 1.807) is 13.4 Å². The highest BCUT2D eigenvalue weighted by atomic mass is 16.5. The Morgan fingerprint density at radius 3 is 2.61 bits per heavy atom. The van der Waals surface area contributed by atoms with E-state index in [4.69, 9.17) is 9.47 Å². The molecule has 0 saturated carbocycles. The zero-order valence-corrected chi connectivity index (χ0v) is 16.0. The van der Waals surface area contributed by atoms with Crippen LogP contribution in [0.25, 0.3) is 0 Å². The van der Waals surface area contributed by atoms with E-state index in [1.165, 1.54) is 11.1 Å². The van der Waals surface area contributed by atoms with Crippen LogP contribution in [0.15, 0.2) is 60.9 Å². The highest BCUT2D eigenvalue weighted by Crippen LogP contribution is 2.24. The summed E-state index contributed by atoms with van der Waals surface area (Å²) in [5, 5.41) is 3.31. The highest BCUT2D eigenvalue weighted by Gasteiger charge is 2.17. The second-order valence-corrected chi connectivity index (χ2v) is 6.65. The molecule has 0 saturated heterocycles. The van der Waals surface area contributed by atoms with E-state index in [9.17, 15) is 0 Å². The quantitative estimate of drug-likeness (QED) is 0.637. The van der Waals surface area contributed by atoms with E-state index in [0.29, 0.717) is 13.2 Å². The SMILES string of the molecule is COc1ccc(OCCNc2cc(N3CCc4ccccc4C3)ncn2)cc1. The predicted octanol–water partition coefficient (Wildman–Crippen LogP) is 3.54. The monoisotopic (exact) mass is 376 g/mol. The summed E-state index contributed by atoms with van der Waals surface area (Å²) in [4.78, 5) is 11.1. The van der Waals surface area contributed by atoms with Crippen molar-refractivity contribution in [1.29, 1.82) is 0 Å². The van der Waals surface area contributed by atoms with Crippen molar-refractivity contribution in [2.75, 3.05) is 37.0 Å². The van der Waals surface area contributed by atoms with Crippen LogP contribution in [0.3, 0.4) is 0 Å². The first-order valence-electron chi connectivity index (χ1n) is 9.46. The number of rotatable bonds is 7. The molecule has 1 aliphatic rings. The molecule has 1 aliphatic heterocycles. The molecule has 0 bridgehead atoms. The van der Waals surface area contributed by atoms with Crippen molar-refractivity contribution in [3.8, 4) is 11.5 Å². The molecule has 4 rings (SSSR count). The van der Waals surface area contributed by atoms with Gasteiger partial charge in [-0.1, -0.05) is 24.3 Å². The maximum Gasteiger partial charge on any atom is 0.134 e. The summed E-state index contributed by atoms with van der Waals surface area (Å²) in [7, 11) is 1.65. The van der Waals surface area contributed by atoms with Crippen molar-refractivity contribution in [3.63, 3.8) is 0 Å². The van der Waals surface area contributed by atoms with Gasteiger partial charge in [0, 0.05) is 19.2 Å². The minimum atomic E-state index is 0.544. The van der Waals surface area contributed by atoms with Gasteiger partial charge in [0.2, 0.25) is 0 Å². The van der Waals surface area contributed by atoms with Crippen LogP contribution in [-0.4, -0.2) is 36.8 Å². The molecule has 2 heterocycles. The zero-order chi connectivity index (χ0) is 19.2. The Balaban J connectivity index is 1.30. The molecule has 0 fully saturated rings. The largest absolute Gasteiger partial charge is 0.497 e. The average Bonchev–Trinajstić information content (AvgIpc) is 2.77. The van der Waals surface area contributed by atoms with Gasteiger partial charge in [0.25, 0.3) is 0 Å². The summed E-state index contributed by atoms with van der Waals surface area (Å²) in [6.45, 7) is 3.05. The van der Waals surface area contributed by atoms with E-state index in [1.807, 2.05) is 30.3 Å². The van der Waals surface area contributed by atoms with Crippen molar-refractivity contribution in [1.82, 2.24) is 9.97 Å². The van der Waals surface area contributed by atoms with Crippen LogP contribution >= 0.6 is 0 Å². The Bertz CT molecular complexity index is 914. The minimum absolute atomic E-state index is 0.544. The fourth-order valence-electron chi connectivity index (χ4n) is 3.33. The molecule has 3 aromatic rings. The van der Waals surface area contributed by atoms with Crippen molar-refractivity contribution in [2.45, 2.75) is 13.0 Å². The molecule has 0 radical (unpaired) electrons. The van der Waals surface area contributed by atoms with E-state index in [-0.39, 0.29) is 0 Å². The van der Waals surface area contributed by atoms with Crippen LogP contribution < -0.4 is 19.7 Å². The topological polar surface area (TPSA) is 59.5 Å². The Morgan fingerprint density at radius 2 is 1.79 bits per heavy atom. The normalized spacial score (nSPS) is 13.0. The van der Waals surface area contributed by atoms with E-state index in [2.05, 4.69) is 44.5 Å². The number of hydrogen-bond acceptors (Lipinski definition) is 6. The number of nitrogens with one attached hydrogen (secondary N) is 1. The lowest BCUT2D eigenvalue weighted by molar-refractivity contribution is 0.331. The van der Waals surface area contributed by atoms with Gasteiger partial charge in [-0.15, -0.1) is 0 Å². The van der Waals surface area contributed by atoms with Crippen molar-refractivity contribution < 1.29 is 9.47 Å². The third-order valence-electron chi connectivity index (χ3n) is 4.84. The lowest BCUT2D eigenvalue weighted by Gasteiger charge is -2.29. The summed E-state index contributed by atoms with van der Waals surface area (Å²) >= 11 is 0. The number of methoxy groups -OCH3 is 1. The third-order valence-corrected chi connectivity index (χ3v) is 4.84. The molecule has 0 atom stereocenters. The van der Waals surface area contributed by atoms with Crippen LogP contribution in [0, 0.1) is 0 Å². The summed E-state index contributed by atoms with van der Waals surface area (Å²) in [6.07, 6.45) is 2.65. The number of aromatic nitrogens is 2. The first-order chi connectivity index (χ1) is 13.8. The van der Waals surface area contributed by atoms with Gasteiger partial charge in [0.05, 0.1) is 13.7 Å². The minimum Gasteiger partial charge on any atom is -0.497 e. The van der Waals surface area contributed by atoms with Gasteiger partial charge in [0.1, 0.15) is 36.1 Å². The Morgan fingerprint density at radius 1 is 1.00 bits per heavy atom. The highest BCUT2D eigenvalue weighted by molar-refractivity contribution is 5.50. The second kappa shape index (κ2) is 8.61. The fraction of sp³-hybridized carbons (Fsp3) is 0.273. The summed E-state index contributed by atoms with van der Waals surface area (Å²) in [5.74, 6) is 3.39. The maximum atomic E-state index is 5.74. The number of hydrogen-bond donors (Lipinski definition) is 1. The van der Waals surface area contributed by atoms with Gasteiger partial charge in [0.15, 0.2) is 0 Å². The molecule has 144 valence electrons. The molecule has 1 N–H and O–H groups in total. The molecule has 0 aliphatic carbocycles. The summed E-state index contributed by atoms with van der Waals surface area (Å²) in [5.41, 5.74) is 2.80. The van der Waals surface area contributed by atoms with Crippen molar-refractivity contribution >= 4 is 11.6 Å². The van der Waals surface area contributed by atoms with Gasteiger partial charge in [-0.2, -0.15) is 0 Å². The Kier molecular flexibility index (Phi) is 5.56. The molecule has 6 nitrogen and oxygen atoms in total. The molecule has 28 heavy (non-hydrogen) atoms. The molecule has 0 spiro atoms. The number of ether oxygens (including phenoxy) is 2. The van der Waals surface area contributed by atoms with E-state index in [0.717, 1.165) is 42.6 Å². The molecule has 0 unspecified atom stereocenters. The molecular formula is C22H24N4O2. The third kappa shape index (κ3) is 4.34. The zero-order valence-electron chi connectivity index (χ0n) is 16.0. The lowest BCUT2D eigenvalue weighted by Crippen LogP contribution is -2.31. The van der Waals surface area contributed by atoms with Crippen molar-refractivity contribution in [2.24, 2.45) is 0 Å². The van der Waals surface area contributed by atoms with Crippen molar-refractivity contribution in [3.05, 3.63) is 72.1 Å². The smallest absolute Gasteiger partial charge is 0.134 e. The van der Waals surface area contributed by atoms with E-state index < -0.39 is 0 Å². The number of nitrogens with zero attached hydrogens (tertiary/aromatic N) is 3. The van der Waals surface area contributed by atoms with Crippen LogP contribution in [0.4, 0.5) is 11.6 Å². The second-order valence-electron chi connectivity index (χ2n) is 6.65. The Labute approximate surface area is 165 Å². The first-order valence-corrected chi connectivity index (χ1v) is 9.46. The Hall–Kier alpha value is -3.28. The van der Waals surface area contributed by atoms with Crippen LogP contribution in [0.5, 0.6) is 11.5 Å². The van der Waals surface area contributed by atoms with Crippen LogP contribution in [0.2, 0.25) is 0 Å². The first kappa shape index (κ1) is 18.1. The van der Waals surface area contributed by atoms with Gasteiger partial charge >= 0.3 is 0 Å². The molecule has 2 aromatic carbocycles. The van der Waals surface area contributed by atoms with Gasteiger partial charge in [-0.3, -0.25) is 0 Å². The molecule has 1 aromatic heterocycles. The summed E-state index contributed by atoms with van der Waals surface area (Å²) in [6, 6.07) is 18.2. The van der Waals surface area contributed by atoms with Crippen LogP contribution in [-0.2, 0) is 13.0 Å². The molecule has 6 heteroatoms. The summed E-state index contributed by atoms with van der Waals surface area (Å²) < 4.78 is 10.9. The lowest BCUT2D eigenvalue weighted by atomic mass is 10.00. The predicted molar refractivity (Wildman–Crippen MR) is 110 cm³/mol.